The van der Waals surface area contributed by atoms with Gasteiger partial charge >= 0.3 is 0 Å². The maximum atomic E-state index is 12.5. The number of likely N-dealkylation sites (tertiary alicyclic amines) is 1. The third kappa shape index (κ3) is 3.57. The molecule has 2 atom stereocenters. The van der Waals surface area contributed by atoms with Crippen molar-refractivity contribution < 1.29 is 14.4 Å². The molecular weight excluding hydrogens is 346 g/mol. The van der Waals surface area contributed by atoms with Crippen molar-refractivity contribution in [3.05, 3.63) is 53.5 Å². The maximum Gasteiger partial charge on any atom is 0.279 e. The van der Waals surface area contributed by atoms with Crippen LogP contribution in [0.1, 0.15) is 23.9 Å². The molecule has 6 heteroatoms. The fourth-order valence-electron chi connectivity index (χ4n) is 3.55. The van der Waals surface area contributed by atoms with Crippen LogP contribution in [0.25, 0.3) is 10.2 Å². The molecule has 26 heavy (non-hydrogen) atoms. The Morgan fingerprint density at radius 3 is 2.85 bits per heavy atom. The predicted octanol–water partition coefficient (Wildman–Crippen LogP) is 2.66. The second-order valence-electron chi connectivity index (χ2n) is 6.58. The molecule has 0 radical (unpaired) electrons. The largest absolute Gasteiger partial charge is 0.497 e. The first-order chi connectivity index (χ1) is 12.7. The number of para-hydroxylation sites is 1. The van der Waals surface area contributed by atoms with Crippen LogP contribution in [0, 0.1) is 0 Å². The average Bonchev–Trinajstić information content (AvgIpc) is 3.28. The average molecular weight is 368 g/mol. The zero-order valence-electron chi connectivity index (χ0n) is 14.7. The van der Waals surface area contributed by atoms with E-state index < -0.39 is 0 Å². The number of quaternary nitrogens is 1. The summed E-state index contributed by atoms with van der Waals surface area (Å²) in [6, 6.07) is 16.0. The highest BCUT2D eigenvalue weighted by molar-refractivity contribution is 7.18. The van der Waals surface area contributed by atoms with Crippen molar-refractivity contribution in [2.24, 2.45) is 0 Å². The number of nitrogens with zero attached hydrogens (tertiary/aromatic N) is 1. The summed E-state index contributed by atoms with van der Waals surface area (Å²) in [5, 5.41) is 4.14. The number of hydrogen-bond donors (Lipinski definition) is 2. The van der Waals surface area contributed by atoms with E-state index in [0.29, 0.717) is 12.6 Å². The molecule has 3 aromatic rings. The number of ether oxygens (including phenoxy) is 1. The molecule has 0 aliphatic carbocycles. The SMILES string of the molecule is COc1ccc(NC(=O)C[NH+]2CCC[C@@H]2c2nc3ccccc3s2)cc1. The van der Waals surface area contributed by atoms with Gasteiger partial charge in [-0.15, -0.1) is 11.3 Å². The molecule has 1 amide bonds. The van der Waals surface area contributed by atoms with Gasteiger partial charge in [-0.05, 0) is 36.4 Å². The first kappa shape index (κ1) is 17.0. The Morgan fingerprint density at radius 2 is 2.08 bits per heavy atom. The van der Waals surface area contributed by atoms with Crippen molar-refractivity contribution in [3.8, 4) is 5.75 Å². The van der Waals surface area contributed by atoms with E-state index in [2.05, 4.69) is 17.4 Å². The quantitative estimate of drug-likeness (QED) is 0.728. The van der Waals surface area contributed by atoms with Crippen LogP contribution in [-0.2, 0) is 4.79 Å². The molecule has 4 rings (SSSR count). The lowest BCUT2D eigenvalue weighted by Gasteiger charge is -2.19. The van der Waals surface area contributed by atoms with Gasteiger partial charge in [0.25, 0.3) is 5.91 Å². The number of carbonyl (C=O) groups excluding carboxylic acids is 1. The fraction of sp³-hybridized carbons (Fsp3) is 0.300. The number of methoxy groups -OCH3 is 1. The van der Waals surface area contributed by atoms with E-state index >= 15 is 0 Å². The predicted molar refractivity (Wildman–Crippen MR) is 104 cm³/mol. The van der Waals surface area contributed by atoms with Gasteiger partial charge in [-0.1, -0.05) is 12.1 Å². The maximum absolute atomic E-state index is 12.5. The summed E-state index contributed by atoms with van der Waals surface area (Å²) in [6.45, 7) is 1.48. The number of fused-ring (bicyclic) bond motifs is 1. The van der Waals surface area contributed by atoms with Crippen LogP contribution in [0.2, 0.25) is 0 Å². The van der Waals surface area contributed by atoms with Gasteiger partial charge in [0.2, 0.25) is 0 Å². The van der Waals surface area contributed by atoms with Crippen LogP contribution < -0.4 is 15.0 Å². The van der Waals surface area contributed by atoms with E-state index in [4.69, 9.17) is 9.72 Å². The van der Waals surface area contributed by atoms with Crippen molar-refractivity contribution in [1.82, 2.24) is 4.98 Å². The monoisotopic (exact) mass is 368 g/mol. The topological polar surface area (TPSA) is 55.7 Å². The van der Waals surface area contributed by atoms with Gasteiger partial charge in [0.05, 0.1) is 23.9 Å². The third-order valence-corrected chi connectivity index (χ3v) is 6.00. The molecule has 0 saturated carbocycles. The van der Waals surface area contributed by atoms with Crippen LogP contribution in [-0.4, -0.2) is 31.1 Å². The lowest BCUT2D eigenvalue weighted by atomic mass is 10.2. The summed E-state index contributed by atoms with van der Waals surface area (Å²) in [7, 11) is 1.63. The molecular formula is C20H22N3O2S+. The van der Waals surface area contributed by atoms with Gasteiger partial charge in [0.1, 0.15) is 11.8 Å². The van der Waals surface area contributed by atoms with Gasteiger partial charge in [-0.25, -0.2) is 4.98 Å². The number of hydrogen-bond acceptors (Lipinski definition) is 4. The molecule has 1 saturated heterocycles. The number of amides is 1. The Balaban J connectivity index is 1.43. The van der Waals surface area contributed by atoms with E-state index in [1.165, 1.54) is 9.60 Å². The number of rotatable bonds is 5. The minimum absolute atomic E-state index is 0.0400. The molecule has 5 nitrogen and oxygen atoms in total. The normalized spacial score (nSPS) is 19.6. The van der Waals surface area contributed by atoms with Crippen molar-refractivity contribution in [2.75, 3.05) is 25.5 Å². The number of nitrogens with one attached hydrogen (secondary N) is 2. The van der Waals surface area contributed by atoms with Crippen LogP contribution in [0.15, 0.2) is 48.5 Å². The van der Waals surface area contributed by atoms with Gasteiger partial charge in [-0.3, -0.25) is 4.79 Å². The van der Waals surface area contributed by atoms with Crippen LogP contribution >= 0.6 is 11.3 Å². The van der Waals surface area contributed by atoms with E-state index in [-0.39, 0.29) is 5.91 Å². The van der Waals surface area contributed by atoms with E-state index in [1.807, 2.05) is 36.4 Å². The molecule has 1 aliphatic heterocycles. The number of anilines is 1. The second-order valence-corrected chi connectivity index (χ2v) is 7.64. The smallest absolute Gasteiger partial charge is 0.279 e. The van der Waals surface area contributed by atoms with Crippen LogP contribution in [0.4, 0.5) is 5.69 Å². The summed E-state index contributed by atoms with van der Waals surface area (Å²) in [5.74, 6) is 0.822. The van der Waals surface area contributed by atoms with Crippen molar-refractivity contribution in [3.63, 3.8) is 0 Å². The zero-order valence-corrected chi connectivity index (χ0v) is 15.5. The van der Waals surface area contributed by atoms with Gasteiger partial charge < -0.3 is 15.0 Å². The Bertz CT molecular complexity index is 874. The number of benzene rings is 2. The lowest BCUT2D eigenvalue weighted by molar-refractivity contribution is -0.910. The fourth-order valence-corrected chi connectivity index (χ4v) is 4.71. The summed E-state index contributed by atoms with van der Waals surface area (Å²) in [4.78, 5) is 18.6. The molecule has 1 aliphatic rings. The number of aromatic nitrogens is 1. The van der Waals surface area contributed by atoms with Crippen molar-refractivity contribution in [2.45, 2.75) is 18.9 Å². The standard InChI is InChI=1S/C20H21N3O2S/c1-25-15-10-8-14(9-11-15)21-19(24)13-23-12-4-6-17(23)20-22-16-5-2-3-7-18(16)26-20/h2-3,5,7-11,17H,4,6,12-13H2,1H3,(H,21,24)/p+1/t17-/m1/s1. The third-order valence-electron chi connectivity index (χ3n) is 4.85. The highest BCUT2D eigenvalue weighted by atomic mass is 32.1. The Hall–Kier alpha value is -2.44. The second kappa shape index (κ2) is 7.43. The lowest BCUT2D eigenvalue weighted by Crippen LogP contribution is -3.11. The molecule has 1 fully saturated rings. The molecule has 2 N–H and O–H groups in total. The number of carbonyl (C=O) groups is 1. The molecule has 1 unspecified atom stereocenters. The molecule has 134 valence electrons. The van der Waals surface area contributed by atoms with Crippen LogP contribution in [0.5, 0.6) is 5.75 Å². The highest BCUT2D eigenvalue weighted by Crippen LogP contribution is 2.28. The van der Waals surface area contributed by atoms with E-state index in [0.717, 1.165) is 41.3 Å². The van der Waals surface area contributed by atoms with E-state index in [9.17, 15) is 4.79 Å². The highest BCUT2D eigenvalue weighted by Gasteiger charge is 2.33. The first-order valence-corrected chi connectivity index (χ1v) is 9.68. The van der Waals surface area contributed by atoms with Gasteiger partial charge in [-0.2, -0.15) is 0 Å². The van der Waals surface area contributed by atoms with Crippen LogP contribution in [0.3, 0.4) is 0 Å². The summed E-state index contributed by atoms with van der Waals surface area (Å²) >= 11 is 1.76. The van der Waals surface area contributed by atoms with Gasteiger partial charge in [0.15, 0.2) is 11.6 Å². The Kier molecular flexibility index (Phi) is 4.86. The minimum atomic E-state index is 0.0400. The van der Waals surface area contributed by atoms with Gasteiger partial charge in [0, 0.05) is 18.5 Å². The molecule has 2 aromatic carbocycles. The molecule has 0 spiro atoms. The molecule has 2 heterocycles. The van der Waals surface area contributed by atoms with E-state index in [1.54, 1.807) is 18.4 Å². The Morgan fingerprint density at radius 1 is 1.27 bits per heavy atom. The summed E-state index contributed by atoms with van der Waals surface area (Å²) in [5.41, 5.74) is 1.85. The minimum Gasteiger partial charge on any atom is -0.497 e. The number of thiazole rings is 1. The summed E-state index contributed by atoms with van der Waals surface area (Å²) < 4.78 is 6.37. The van der Waals surface area contributed by atoms with Crippen molar-refractivity contribution in [1.29, 1.82) is 0 Å². The molecule has 1 aromatic heterocycles. The summed E-state index contributed by atoms with van der Waals surface area (Å²) in [6.07, 6.45) is 2.22. The first-order valence-electron chi connectivity index (χ1n) is 8.87. The van der Waals surface area contributed by atoms with Crippen molar-refractivity contribution >= 4 is 33.1 Å². The molecule has 0 bridgehead atoms. The Labute approximate surface area is 156 Å². The zero-order chi connectivity index (χ0) is 17.9.